The number of thiazole rings is 1. The summed E-state index contributed by atoms with van der Waals surface area (Å²) in [6, 6.07) is 13.0. The number of aromatic carboxylic acids is 1. The van der Waals surface area contributed by atoms with Crippen molar-refractivity contribution in [2.45, 2.75) is 39.8 Å². The zero-order chi connectivity index (χ0) is 30.3. The molecular formula is C31H27BrN2O7S. The van der Waals surface area contributed by atoms with Gasteiger partial charge < -0.3 is 19.0 Å². The molecule has 42 heavy (non-hydrogen) atoms. The number of aromatic nitrogens is 1. The summed E-state index contributed by atoms with van der Waals surface area (Å²) in [6.07, 6.45) is 1.24. The summed E-state index contributed by atoms with van der Waals surface area (Å²) in [4.78, 5) is 44.0. The van der Waals surface area contributed by atoms with Gasteiger partial charge >= 0.3 is 11.9 Å². The summed E-state index contributed by atoms with van der Waals surface area (Å²) >= 11 is 4.67. The maximum Gasteiger partial charge on any atom is 0.338 e. The standard InChI is InChI=1S/C31H27BrN2O7S/c1-15(2)40-30(38)26-17(4)33-31-34(27(26)22-13-18(32)9-11-23(22)39-5)28(35)25(42-31)14-19-10-12-24(41-19)20-7-6-8-21(16(20)3)29(36)37/h6-15,27H,1-5H3,(H,36,37)/b25-14-/t27-/m0/s1. The number of carboxylic acid groups (broad SMARTS) is 1. The molecule has 0 saturated carbocycles. The molecule has 0 bridgehead atoms. The van der Waals surface area contributed by atoms with Gasteiger partial charge in [0.15, 0.2) is 4.80 Å². The normalized spacial score (nSPS) is 15.0. The molecule has 0 aliphatic carbocycles. The van der Waals surface area contributed by atoms with E-state index in [-0.39, 0.29) is 22.8 Å². The Morgan fingerprint density at radius 3 is 2.62 bits per heavy atom. The zero-order valence-corrected chi connectivity index (χ0v) is 25.8. The summed E-state index contributed by atoms with van der Waals surface area (Å²) in [5.41, 5.74) is 2.31. The molecule has 1 atom stereocenters. The van der Waals surface area contributed by atoms with E-state index in [1.54, 1.807) is 64.1 Å². The lowest BCUT2D eigenvalue weighted by atomic mass is 9.95. The number of methoxy groups -OCH3 is 1. The van der Waals surface area contributed by atoms with Gasteiger partial charge in [-0.1, -0.05) is 39.4 Å². The number of allylic oxidation sites excluding steroid dienone is 1. The number of nitrogens with zero attached hydrogens (tertiary/aromatic N) is 2. The van der Waals surface area contributed by atoms with Crippen molar-refractivity contribution in [3.05, 3.63) is 106 Å². The number of carbonyl (C=O) groups excluding carboxylic acids is 1. The number of furan rings is 1. The van der Waals surface area contributed by atoms with Crippen molar-refractivity contribution in [1.29, 1.82) is 0 Å². The Morgan fingerprint density at radius 2 is 1.93 bits per heavy atom. The highest BCUT2D eigenvalue weighted by atomic mass is 79.9. The molecule has 2 aromatic carbocycles. The number of fused-ring (bicyclic) bond motifs is 1. The first kappa shape index (κ1) is 29.3. The SMILES string of the molecule is COc1ccc(Br)cc1[C@H]1C(C(=O)OC(C)C)=C(C)N=c2s/c(=C\c3ccc(-c4cccc(C(=O)O)c4C)o3)c(=O)n21. The second-order valence-electron chi connectivity index (χ2n) is 9.91. The number of hydrogen-bond donors (Lipinski definition) is 1. The topological polar surface area (TPSA) is 120 Å². The van der Waals surface area contributed by atoms with Gasteiger partial charge in [-0.05, 0) is 69.7 Å². The first-order valence-corrected chi connectivity index (χ1v) is 14.6. The van der Waals surface area contributed by atoms with Crippen molar-refractivity contribution >= 4 is 45.3 Å². The molecule has 0 amide bonds. The number of hydrogen-bond acceptors (Lipinski definition) is 8. The average Bonchev–Trinajstić information content (AvgIpc) is 3.51. The minimum absolute atomic E-state index is 0.184. The molecule has 1 aliphatic rings. The van der Waals surface area contributed by atoms with Gasteiger partial charge in [0, 0.05) is 21.7 Å². The Balaban J connectivity index is 1.67. The number of esters is 1. The number of ether oxygens (including phenoxy) is 2. The highest BCUT2D eigenvalue weighted by Crippen LogP contribution is 2.37. The fourth-order valence-electron chi connectivity index (χ4n) is 4.91. The fourth-order valence-corrected chi connectivity index (χ4v) is 6.32. The van der Waals surface area contributed by atoms with Gasteiger partial charge in [0.05, 0.1) is 34.6 Å². The van der Waals surface area contributed by atoms with Crippen LogP contribution < -0.4 is 19.6 Å². The molecule has 1 N–H and O–H groups in total. The number of carbonyl (C=O) groups is 2. The summed E-state index contributed by atoms with van der Waals surface area (Å²) in [6.45, 7) is 6.96. The molecule has 4 aromatic rings. The second kappa shape index (κ2) is 11.6. The van der Waals surface area contributed by atoms with E-state index >= 15 is 0 Å². The third-order valence-electron chi connectivity index (χ3n) is 6.80. The number of halogens is 1. The van der Waals surface area contributed by atoms with Crippen LogP contribution in [-0.4, -0.2) is 34.8 Å². The maximum atomic E-state index is 14.0. The molecule has 9 nitrogen and oxygen atoms in total. The molecule has 3 heterocycles. The smallest absolute Gasteiger partial charge is 0.338 e. The van der Waals surface area contributed by atoms with Crippen molar-refractivity contribution in [3.63, 3.8) is 0 Å². The summed E-state index contributed by atoms with van der Waals surface area (Å²) in [5, 5.41) is 9.49. The van der Waals surface area contributed by atoms with Crippen molar-refractivity contribution in [2.24, 2.45) is 4.99 Å². The predicted octanol–water partition coefficient (Wildman–Crippen LogP) is 5.22. The van der Waals surface area contributed by atoms with E-state index in [1.807, 2.05) is 12.1 Å². The van der Waals surface area contributed by atoms with Gasteiger partial charge in [-0.3, -0.25) is 9.36 Å². The molecule has 0 saturated heterocycles. The lowest BCUT2D eigenvalue weighted by molar-refractivity contribution is -0.143. The van der Waals surface area contributed by atoms with Gasteiger partial charge in [0.1, 0.15) is 23.3 Å². The monoisotopic (exact) mass is 650 g/mol. The van der Waals surface area contributed by atoms with Crippen LogP contribution in [0.3, 0.4) is 0 Å². The van der Waals surface area contributed by atoms with Crippen LogP contribution >= 0.6 is 27.3 Å². The lowest BCUT2D eigenvalue weighted by Gasteiger charge is -2.26. The molecule has 216 valence electrons. The van der Waals surface area contributed by atoms with Gasteiger partial charge in [-0.15, -0.1) is 0 Å². The van der Waals surface area contributed by atoms with Gasteiger partial charge in [-0.2, -0.15) is 0 Å². The van der Waals surface area contributed by atoms with Crippen LogP contribution in [0, 0.1) is 6.92 Å². The first-order valence-electron chi connectivity index (χ1n) is 13.0. The minimum atomic E-state index is -1.02. The quantitative estimate of drug-likeness (QED) is 0.272. The van der Waals surface area contributed by atoms with Gasteiger partial charge in [-0.25, -0.2) is 14.6 Å². The predicted molar refractivity (Wildman–Crippen MR) is 162 cm³/mol. The van der Waals surface area contributed by atoms with Crippen LogP contribution in [0.2, 0.25) is 0 Å². The number of carboxylic acids is 1. The van der Waals surface area contributed by atoms with Gasteiger partial charge in [0.2, 0.25) is 0 Å². The molecule has 0 fully saturated rings. The number of benzene rings is 2. The van der Waals surface area contributed by atoms with Crippen LogP contribution in [0.15, 0.2) is 78.5 Å². The van der Waals surface area contributed by atoms with Crippen LogP contribution in [0.5, 0.6) is 5.75 Å². The highest BCUT2D eigenvalue weighted by molar-refractivity contribution is 9.10. The summed E-state index contributed by atoms with van der Waals surface area (Å²) < 4.78 is 19.8. The zero-order valence-electron chi connectivity index (χ0n) is 23.4. The maximum absolute atomic E-state index is 14.0. The fraction of sp³-hybridized carbons (Fsp3) is 0.226. The van der Waals surface area contributed by atoms with E-state index in [4.69, 9.17) is 13.9 Å². The van der Waals surface area contributed by atoms with E-state index in [0.29, 0.717) is 49.0 Å². The molecular weight excluding hydrogens is 624 g/mol. The van der Waals surface area contributed by atoms with E-state index in [2.05, 4.69) is 20.9 Å². The molecule has 5 rings (SSSR count). The molecule has 1 aliphatic heterocycles. The van der Waals surface area contributed by atoms with Gasteiger partial charge in [0.25, 0.3) is 5.56 Å². The van der Waals surface area contributed by atoms with Crippen LogP contribution in [0.4, 0.5) is 0 Å². The Labute approximate surface area is 253 Å². The van der Waals surface area contributed by atoms with Crippen molar-refractivity contribution in [1.82, 2.24) is 4.57 Å². The molecule has 0 spiro atoms. The van der Waals surface area contributed by atoms with Crippen LogP contribution in [-0.2, 0) is 9.53 Å². The van der Waals surface area contributed by atoms with Crippen molar-refractivity contribution in [3.8, 4) is 17.1 Å². The second-order valence-corrected chi connectivity index (χ2v) is 11.8. The first-order chi connectivity index (χ1) is 20.0. The largest absolute Gasteiger partial charge is 0.496 e. The Bertz CT molecular complexity index is 1950. The van der Waals surface area contributed by atoms with E-state index < -0.39 is 18.0 Å². The summed E-state index contributed by atoms with van der Waals surface area (Å²) in [7, 11) is 1.53. The molecule has 0 unspecified atom stereocenters. The van der Waals surface area contributed by atoms with Crippen molar-refractivity contribution < 1.29 is 28.6 Å². The van der Waals surface area contributed by atoms with E-state index in [0.717, 1.165) is 4.47 Å². The number of rotatable bonds is 7. The van der Waals surface area contributed by atoms with E-state index in [1.165, 1.54) is 29.1 Å². The minimum Gasteiger partial charge on any atom is -0.496 e. The van der Waals surface area contributed by atoms with Crippen LogP contribution in [0.25, 0.3) is 17.4 Å². The van der Waals surface area contributed by atoms with E-state index in [9.17, 15) is 19.5 Å². The average molecular weight is 652 g/mol. The molecule has 0 radical (unpaired) electrons. The highest BCUT2D eigenvalue weighted by Gasteiger charge is 2.35. The third kappa shape index (κ3) is 5.37. The summed E-state index contributed by atoms with van der Waals surface area (Å²) in [5.74, 6) is -0.215. The molecule has 11 heteroatoms. The third-order valence-corrected chi connectivity index (χ3v) is 8.28. The van der Waals surface area contributed by atoms with Crippen LogP contribution in [0.1, 0.15) is 54.1 Å². The Morgan fingerprint density at radius 1 is 1.17 bits per heavy atom. The molecule has 2 aromatic heterocycles. The lowest BCUT2D eigenvalue weighted by Crippen LogP contribution is -2.40. The Hall–Kier alpha value is -4.22. The van der Waals surface area contributed by atoms with Crippen molar-refractivity contribution in [2.75, 3.05) is 7.11 Å². The Kier molecular flexibility index (Phi) is 8.07.